The van der Waals surface area contributed by atoms with Crippen LogP contribution in [0.4, 0.5) is 0 Å². The molecule has 1 aromatic carbocycles. The number of hydrogen-bond donors (Lipinski definition) is 2. The maximum atomic E-state index is 12.2. The van der Waals surface area contributed by atoms with Crippen molar-refractivity contribution in [3.05, 3.63) is 84.2 Å². The van der Waals surface area contributed by atoms with E-state index in [9.17, 15) is 9.59 Å². The molecule has 0 aliphatic carbocycles. The van der Waals surface area contributed by atoms with Crippen LogP contribution in [-0.4, -0.2) is 24.4 Å². The Kier molecular flexibility index (Phi) is 5.31. The van der Waals surface area contributed by atoms with Gasteiger partial charge in [0.25, 0.3) is 11.8 Å². The molecule has 2 amide bonds. The van der Waals surface area contributed by atoms with Crippen LogP contribution >= 0.6 is 0 Å². The maximum absolute atomic E-state index is 12.2. The van der Waals surface area contributed by atoms with Crippen molar-refractivity contribution in [3.63, 3.8) is 0 Å². The van der Waals surface area contributed by atoms with Crippen molar-refractivity contribution in [1.82, 2.24) is 10.6 Å². The summed E-state index contributed by atoms with van der Waals surface area (Å²) in [5, 5.41) is 5.67. The molecule has 0 spiro atoms. The molecular formula is C19H18N2O4. The minimum Gasteiger partial charge on any atom is -0.459 e. The molecule has 0 aliphatic heterocycles. The van der Waals surface area contributed by atoms with Gasteiger partial charge in [0.15, 0.2) is 11.5 Å². The molecule has 0 saturated carbocycles. The van der Waals surface area contributed by atoms with Gasteiger partial charge in [-0.15, -0.1) is 0 Å². The number of carbonyl (C=O) groups excluding carboxylic acids is 2. The van der Waals surface area contributed by atoms with Gasteiger partial charge in [-0.3, -0.25) is 9.59 Å². The molecule has 0 unspecified atom stereocenters. The molecule has 0 radical (unpaired) electrons. The minimum absolute atomic E-state index is 0.232. The molecule has 128 valence electrons. The lowest BCUT2D eigenvalue weighted by Crippen LogP contribution is -2.44. The van der Waals surface area contributed by atoms with Gasteiger partial charge in [-0.05, 0) is 36.2 Å². The standard InChI is InChI=1S/C19H18N2O4/c22-18(16-8-4-10-24-16)20-13-15(12-14-6-2-1-3-7-14)21-19(23)17-9-5-11-25-17/h1-11,15H,12-13H2,(H,20,22)(H,21,23)/t15-/m0/s1. The first-order chi connectivity index (χ1) is 12.2. The fraction of sp³-hybridized carbons (Fsp3) is 0.158. The van der Waals surface area contributed by atoms with Crippen molar-refractivity contribution in [2.24, 2.45) is 0 Å². The summed E-state index contributed by atoms with van der Waals surface area (Å²) < 4.78 is 10.2. The first kappa shape index (κ1) is 16.6. The second kappa shape index (κ2) is 8.01. The van der Waals surface area contributed by atoms with Crippen molar-refractivity contribution in [3.8, 4) is 0 Å². The predicted octanol–water partition coefficient (Wildman–Crippen LogP) is 2.64. The van der Waals surface area contributed by atoms with Crippen LogP contribution in [0.1, 0.15) is 26.7 Å². The Balaban J connectivity index is 1.65. The minimum atomic E-state index is -0.324. The molecule has 0 saturated heterocycles. The molecule has 6 heteroatoms. The molecule has 0 aliphatic rings. The molecule has 25 heavy (non-hydrogen) atoms. The average molecular weight is 338 g/mol. The van der Waals surface area contributed by atoms with E-state index in [0.717, 1.165) is 5.56 Å². The Morgan fingerprint density at radius 2 is 1.48 bits per heavy atom. The van der Waals surface area contributed by atoms with E-state index in [-0.39, 0.29) is 35.9 Å². The van der Waals surface area contributed by atoms with E-state index < -0.39 is 0 Å². The van der Waals surface area contributed by atoms with Crippen LogP contribution in [0.2, 0.25) is 0 Å². The third-order valence-corrected chi connectivity index (χ3v) is 3.66. The van der Waals surface area contributed by atoms with E-state index in [2.05, 4.69) is 10.6 Å². The second-order valence-electron chi connectivity index (χ2n) is 5.52. The van der Waals surface area contributed by atoms with Gasteiger partial charge in [0, 0.05) is 6.54 Å². The van der Waals surface area contributed by atoms with E-state index in [0.29, 0.717) is 6.42 Å². The quantitative estimate of drug-likeness (QED) is 0.693. The Morgan fingerprint density at radius 3 is 2.08 bits per heavy atom. The number of hydrogen-bond acceptors (Lipinski definition) is 4. The van der Waals surface area contributed by atoms with Crippen LogP contribution in [0.15, 0.2) is 76.0 Å². The Morgan fingerprint density at radius 1 is 0.840 bits per heavy atom. The van der Waals surface area contributed by atoms with Gasteiger partial charge in [-0.1, -0.05) is 30.3 Å². The first-order valence-electron chi connectivity index (χ1n) is 7.92. The highest BCUT2D eigenvalue weighted by molar-refractivity contribution is 5.92. The predicted molar refractivity (Wildman–Crippen MR) is 91.1 cm³/mol. The van der Waals surface area contributed by atoms with Crippen LogP contribution < -0.4 is 10.6 Å². The molecular weight excluding hydrogens is 320 g/mol. The molecule has 2 aromatic heterocycles. The highest BCUT2D eigenvalue weighted by Crippen LogP contribution is 2.06. The summed E-state index contributed by atoms with van der Waals surface area (Å²) in [5.74, 6) is -0.181. The summed E-state index contributed by atoms with van der Waals surface area (Å²) in [4.78, 5) is 24.3. The van der Waals surface area contributed by atoms with E-state index in [1.54, 1.807) is 24.3 Å². The summed E-state index contributed by atoms with van der Waals surface area (Å²) in [7, 11) is 0. The van der Waals surface area contributed by atoms with Gasteiger partial charge in [0.05, 0.1) is 18.6 Å². The monoisotopic (exact) mass is 338 g/mol. The van der Waals surface area contributed by atoms with E-state index >= 15 is 0 Å². The van der Waals surface area contributed by atoms with Crippen LogP contribution in [-0.2, 0) is 6.42 Å². The lowest BCUT2D eigenvalue weighted by molar-refractivity contribution is 0.0881. The first-order valence-corrected chi connectivity index (χ1v) is 7.92. The zero-order valence-corrected chi connectivity index (χ0v) is 13.5. The molecule has 0 fully saturated rings. The number of benzene rings is 1. The van der Waals surface area contributed by atoms with Crippen molar-refractivity contribution >= 4 is 11.8 Å². The molecule has 3 aromatic rings. The Labute approximate surface area is 144 Å². The van der Waals surface area contributed by atoms with Gasteiger partial charge in [-0.2, -0.15) is 0 Å². The summed E-state index contributed by atoms with van der Waals surface area (Å²) in [6, 6.07) is 15.9. The second-order valence-corrected chi connectivity index (χ2v) is 5.52. The van der Waals surface area contributed by atoms with Gasteiger partial charge in [0.1, 0.15) is 0 Å². The number of carbonyl (C=O) groups is 2. The molecule has 0 bridgehead atoms. The lowest BCUT2D eigenvalue weighted by Gasteiger charge is -2.19. The number of rotatable bonds is 7. The van der Waals surface area contributed by atoms with Crippen LogP contribution in [0.25, 0.3) is 0 Å². The smallest absolute Gasteiger partial charge is 0.287 e. The summed E-state index contributed by atoms with van der Waals surface area (Å²) in [6.45, 7) is 0.265. The molecule has 6 nitrogen and oxygen atoms in total. The number of furan rings is 2. The van der Waals surface area contributed by atoms with Crippen LogP contribution in [0.5, 0.6) is 0 Å². The average Bonchev–Trinajstić information content (AvgIpc) is 3.33. The zero-order valence-electron chi connectivity index (χ0n) is 13.5. The topological polar surface area (TPSA) is 84.5 Å². The SMILES string of the molecule is O=C(NC[C@H](Cc1ccccc1)NC(=O)c1ccco1)c1ccco1. The fourth-order valence-electron chi connectivity index (χ4n) is 2.45. The summed E-state index contributed by atoms with van der Waals surface area (Å²) in [5.41, 5.74) is 1.06. The van der Waals surface area contributed by atoms with Crippen molar-refractivity contribution in [2.75, 3.05) is 6.54 Å². The van der Waals surface area contributed by atoms with Crippen molar-refractivity contribution < 1.29 is 18.4 Å². The van der Waals surface area contributed by atoms with Gasteiger partial charge >= 0.3 is 0 Å². The Bertz CT molecular complexity index is 795. The van der Waals surface area contributed by atoms with E-state index in [1.807, 2.05) is 30.3 Å². The fourth-order valence-corrected chi connectivity index (χ4v) is 2.45. The molecule has 2 heterocycles. The summed E-state index contributed by atoms with van der Waals surface area (Å²) in [6.07, 6.45) is 3.46. The van der Waals surface area contributed by atoms with Gasteiger partial charge in [0.2, 0.25) is 0 Å². The third kappa shape index (κ3) is 4.60. The molecule has 2 N–H and O–H groups in total. The van der Waals surface area contributed by atoms with Gasteiger partial charge < -0.3 is 19.5 Å². The largest absolute Gasteiger partial charge is 0.459 e. The zero-order chi connectivity index (χ0) is 17.5. The number of amides is 2. The number of nitrogens with one attached hydrogen (secondary N) is 2. The third-order valence-electron chi connectivity index (χ3n) is 3.66. The van der Waals surface area contributed by atoms with Crippen LogP contribution in [0.3, 0.4) is 0 Å². The lowest BCUT2D eigenvalue weighted by atomic mass is 10.1. The maximum Gasteiger partial charge on any atom is 0.287 e. The Hall–Kier alpha value is -3.28. The van der Waals surface area contributed by atoms with Crippen molar-refractivity contribution in [2.45, 2.75) is 12.5 Å². The summed E-state index contributed by atoms with van der Waals surface area (Å²) >= 11 is 0. The van der Waals surface area contributed by atoms with E-state index in [4.69, 9.17) is 8.83 Å². The molecule has 3 rings (SSSR count). The van der Waals surface area contributed by atoms with Gasteiger partial charge in [-0.25, -0.2) is 0 Å². The van der Waals surface area contributed by atoms with Crippen LogP contribution in [0, 0.1) is 0 Å². The molecule has 1 atom stereocenters. The highest BCUT2D eigenvalue weighted by Gasteiger charge is 2.18. The highest BCUT2D eigenvalue weighted by atomic mass is 16.3. The van der Waals surface area contributed by atoms with Crippen molar-refractivity contribution in [1.29, 1.82) is 0 Å². The van der Waals surface area contributed by atoms with E-state index in [1.165, 1.54) is 12.5 Å². The normalized spacial score (nSPS) is 11.7.